The summed E-state index contributed by atoms with van der Waals surface area (Å²) < 4.78 is 5.60. The standard InChI is InChI=1S/C16H25NO/c1-13-5-3-6-14(11-13)8-9-16(17-2)15-7-4-10-18-12-15/h3,5-6,11,15-17H,4,7-10,12H2,1-2H3. The third-order valence-electron chi connectivity index (χ3n) is 3.96. The molecule has 0 radical (unpaired) electrons. The van der Waals surface area contributed by atoms with Crippen LogP contribution in [-0.4, -0.2) is 26.3 Å². The first-order chi connectivity index (χ1) is 8.79. The van der Waals surface area contributed by atoms with Gasteiger partial charge in [0.25, 0.3) is 0 Å². The fourth-order valence-electron chi connectivity index (χ4n) is 2.89. The van der Waals surface area contributed by atoms with E-state index in [4.69, 9.17) is 4.74 Å². The van der Waals surface area contributed by atoms with E-state index in [2.05, 4.69) is 43.6 Å². The molecule has 18 heavy (non-hydrogen) atoms. The van der Waals surface area contributed by atoms with E-state index >= 15 is 0 Å². The Bertz CT molecular complexity index is 358. The molecule has 0 spiro atoms. The minimum absolute atomic E-state index is 0.589. The Kier molecular flexibility index (Phi) is 5.21. The van der Waals surface area contributed by atoms with Crippen LogP contribution in [0.4, 0.5) is 0 Å². The van der Waals surface area contributed by atoms with Crippen molar-refractivity contribution in [1.29, 1.82) is 0 Å². The SMILES string of the molecule is CNC(CCc1cccc(C)c1)C1CCCOC1. The van der Waals surface area contributed by atoms with Crippen LogP contribution in [0.2, 0.25) is 0 Å². The van der Waals surface area contributed by atoms with Crippen molar-refractivity contribution >= 4 is 0 Å². The van der Waals surface area contributed by atoms with Gasteiger partial charge < -0.3 is 10.1 Å². The maximum Gasteiger partial charge on any atom is 0.0509 e. The van der Waals surface area contributed by atoms with Crippen molar-refractivity contribution in [3.8, 4) is 0 Å². The molecule has 0 amide bonds. The minimum atomic E-state index is 0.589. The fourth-order valence-corrected chi connectivity index (χ4v) is 2.89. The number of aryl methyl sites for hydroxylation is 2. The van der Waals surface area contributed by atoms with Crippen molar-refractivity contribution in [3.63, 3.8) is 0 Å². The number of nitrogens with one attached hydrogen (secondary N) is 1. The van der Waals surface area contributed by atoms with Gasteiger partial charge in [-0.1, -0.05) is 29.8 Å². The molecule has 100 valence electrons. The van der Waals surface area contributed by atoms with Gasteiger partial charge in [0.1, 0.15) is 0 Å². The molecular weight excluding hydrogens is 222 g/mol. The van der Waals surface area contributed by atoms with Gasteiger partial charge in [-0.15, -0.1) is 0 Å². The normalized spacial score (nSPS) is 21.8. The molecule has 0 saturated carbocycles. The lowest BCUT2D eigenvalue weighted by molar-refractivity contribution is 0.0392. The number of benzene rings is 1. The average Bonchev–Trinajstić information content (AvgIpc) is 2.41. The zero-order valence-electron chi connectivity index (χ0n) is 11.6. The number of hydrogen-bond donors (Lipinski definition) is 1. The Morgan fingerprint density at radius 1 is 1.44 bits per heavy atom. The summed E-state index contributed by atoms with van der Waals surface area (Å²) in [6.07, 6.45) is 4.88. The van der Waals surface area contributed by atoms with E-state index in [1.165, 1.54) is 30.4 Å². The minimum Gasteiger partial charge on any atom is -0.381 e. The molecule has 1 aliphatic heterocycles. The number of ether oxygens (including phenoxy) is 1. The summed E-state index contributed by atoms with van der Waals surface area (Å²) in [6.45, 7) is 4.04. The maximum absolute atomic E-state index is 5.60. The Hall–Kier alpha value is -0.860. The van der Waals surface area contributed by atoms with Gasteiger partial charge in [-0.25, -0.2) is 0 Å². The van der Waals surface area contributed by atoms with Crippen molar-refractivity contribution in [3.05, 3.63) is 35.4 Å². The molecule has 2 nitrogen and oxygen atoms in total. The molecular formula is C16H25NO. The Balaban J connectivity index is 1.86. The molecule has 2 rings (SSSR count). The van der Waals surface area contributed by atoms with E-state index in [0.717, 1.165) is 19.6 Å². The first-order valence-electron chi connectivity index (χ1n) is 7.10. The zero-order chi connectivity index (χ0) is 12.8. The first-order valence-corrected chi connectivity index (χ1v) is 7.10. The van der Waals surface area contributed by atoms with Gasteiger partial charge in [0.2, 0.25) is 0 Å². The predicted octanol–water partition coefficient (Wildman–Crippen LogP) is 2.94. The van der Waals surface area contributed by atoms with Crippen molar-refractivity contribution in [2.45, 2.75) is 38.6 Å². The molecule has 2 heteroatoms. The summed E-state index contributed by atoms with van der Waals surface area (Å²) in [6, 6.07) is 9.43. The highest BCUT2D eigenvalue weighted by Gasteiger charge is 2.22. The van der Waals surface area contributed by atoms with Gasteiger partial charge in [-0.2, -0.15) is 0 Å². The molecule has 1 saturated heterocycles. The van der Waals surface area contributed by atoms with E-state index in [0.29, 0.717) is 12.0 Å². The number of rotatable bonds is 5. The van der Waals surface area contributed by atoms with Crippen LogP contribution in [0, 0.1) is 12.8 Å². The molecule has 2 atom stereocenters. The average molecular weight is 247 g/mol. The van der Waals surface area contributed by atoms with Crippen LogP contribution >= 0.6 is 0 Å². The Labute approximate surface area is 111 Å². The van der Waals surface area contributed by atoms with Crippen molar-refractivity contribution in [2.75, 3.05) is 20.3 Å². The topological polar surface area (TPSA) is 21.3 Å². The summed E-state index contributed by atoms with van der Waals surface area (Å²) in [5, 5.41) is 3.48. The van der Waals surface area contributed by atoms with Gasteiger partial charge >= 0.3 is 0 Å². The zero-order valence-corrected chi connectivity index (χ0v) is 11.6. The molecule has 0 aromatic heterocycles. The maximum atomic E-state index is 5.60. The molecule has 1 aliphatic rings. The molecule has 1 fully saturated rings. The second-order valence-electron chi connectivity index (χ2n) is 5.40. The summed E-state index contributed by atoms with van der Waals surface area (Å²) in [4.78, 5) is 0. The van der Waals surface area contributed by atoms with E-state index in [1.54, 1.807) is 0 Å². The van der Waals surface area contributed by atoms with Gasteiger partial charge in [0.05, 0.1) is 6.61 Å². The van der Waals surface area contributed by atoms with Crippen LogP contribution < -0.4 is 5.32 Å². The molecule has 1 aromatic rings. The lowest BCUT2D eigenvalue weighted by Gasteiger charge is -2.30. The largest absolute Gasteiger partial charge is 0.381 e. The highest BCUT2D eigenvalue weighted by Crippen LogP contribution is 2.20. The molecule has 1 N–H and O–H groups in total. The van der Waals surface area contributed by atoms with Crippen LogP contribution in [-0.2, 0) is 11.2 Å². The Morgan fingerprint density at radius 2 is 2.33 bits per heavy atom. The van der Waals surface area contributed by atoms with Crippen molar-refractivity contribution in [2.24, 2.45) is 5.92 Å². The van der Waals surface area contributed by atoms with Crippen LogP contribution in [0.15, 0.2) is 24.3 Å². The lowest BCUT2D eigenvalue weighted by Crippen LogP contribution is -2.38. The second-order valence-corrected chi connectivity index (χ2v) is 5.40. The predicted molar refractivity (Wildman–Crippen MR) is 75.9 cm³/mol. The third kappa shape index (κ3) is 3.82. The van der Waals surface area contributed by atoms with Crippen molar-refractivity contribution < 1.29 is 4.74 Å². The van der Waals surface area contributed by atoms with Crippen LogP contribution in [0.3, 0.4) is 0 Å². The summed E-state index contributed by atoms with van der Waals surface area (Å²) in [5.74, 6) is 0.688. The first kappa shape index (κ1) is 13.6. The van der Waals surface area contributed by atoms with Crippen LogP contribution in [0.25, 0.3) is 0 Å². The molecule has 1 heterocycles. The van der Waals surface area contributed by atoms with Crippen LogP contribution in [0.5, 0.6) is 0 Å². The lowest BCUT2D eigenvalue weighted by atomic mass is 9.89. The second kappa shape index (κ2) is 6.91. The molecule has 0 bridgehead atoms. The smallest absolute Gasteiger partial charge is 0.0509 e. The molecule has 1 aromatic carbocycles. The van der Waals surface area contributed by atoms with Crippen LogP contribution in [0.1, 0.15) is 30.4 Å². The third-order valence-corrected chi connectivity index (χ3v) is 3.96. The van der Waals surface area contributed by atoms with Gasteiger partial charge in [0, 0.05) is 12.6 Å². The van der Waals surface area contributed by atoms with Crippen molar-refractivity contribution in [1.82, 2.24) is 5.32 Å². The summed E-state index contributed by atoms with van der Waals surface area (Å²) in [7, 11) is 2.08. The molecule has 0 aliphatic carbocycles. The monoisotopic (exact) mass is 247 g/mol. The van der Waals surface area contributed by atoms with E-state index in [-0.39, 0.29) is 0 Å². The molecule has 2 unspecified atom stereocenters. The highest BCUT2D eigenvalue weighted by atomic mass is 16.5. The van der Waals surface area contributed by atoms with Gasteiger partial charge in [0.15, 0.2) is 0 Å². The highest BCUT2D eigenvalue weighted by molar-refractivity contribution is 5.22. The fraction of sp³-hybridized carbons (Fsp3) is 0.625. The van der Waals surface area contributed by atoms with E-state index < -0.39 is 0 Å². The quantitative estimate of drug-likeness (QED) is 0.864. The van der Waals surface area contributed by atoms with E-state index in [9.17, 15) is 0 Å². The van der Waals surface area contributed by atoms with Gasteiger partial charge in [-0.05, 0) is 51.1 Å². The summed E-state index contributed by atoms with van der Waals surface area (Å²) >= 11 is 0. The Morgan fingerprint density at radius 3 is 3.00 bits per heavy atom. The van der Waals surface area contributed by atoms with E-state index in [1.807, 2.05) is 0 Å². The number of hydrogen-bond acceptors (Lipinski definition) is 2. The summed E-state index contributed by atoms with van der Waals surface area (Å²) in [5.41, 5.74) is 2.81. The van der Waals surface area contributed by atoms with Gasteiger partial charge in [-0.3, -0.25) is 0 Å².